The van der Waals surface area contributed by atoms with Crippen molar-refractivity contribution in [2.24, 2.45) is 5.92 Å². The van der Waals surface area contributed by atoms with Gasteiger partial charge in [0.15, 0.2) is 6.23 Å². The molecule has 0 spiro atoms. The Labute approximate surface area is 253 Å². The van der Waals surface area contributed by atoms with Crippen LogP contribution < -0.4 is 16.0 Å². The maximum absolute atomic E-state index is 13.5. The van der Waals surface area contributed by atoms with Crippen LogP contribution in [0.15, 0.2) is 36.4 Å². The Kier molecular flexibility index (Phi) is 10.3. The van der Waals surface area contributed by atoms with Gasteiger partial charge in [0.2, 0.25) is 11.8 Å². The Bertz CT molecular complexity index is 1430. The smallest absolute Gasteiger partial charge is 0.320 e. The number of nitrogens with one attached hydrogen (secondary N) is 3. The van der Waals surface area contributed by atoms with Gasteiger partial charge in [0.05, 0.1) is 23.8 Å². The number of amides is 4. The molecule has 0 aromatic heterocycles. The Balaban J connectivity index is 1.49. The highest BCUT2D eigenvalue weighted by Gasteiger charge is 2.46. The number of aliphatic hydroxyl groups is 3. The molecule has 4 rings (SSSR count). The summed E-state index contributed by atoms with van der Waals surface area (Å²) in [5, 5.41) is 49.6. The molecule has 7 atom stereocenters. The van der Waals surface area contributed by atoms with Gasteiger partial charge in [-0.1, -0.05) is 44.2 Å². The maximum Gasteiger partial charge on any atom is 0.320 e. The van der Waals surface area contributed by atoms with Crippen molar-refractivity contribution in [3.05, 3.63) is 47.5 Å². The Morgan fingerprint density at radius 1 is 0.977 bits per heavy atom. The van der Waals surface area contributed by atoms with E-state index >= 15 is 0 Å². The van der Waals surface area contributed by atoms with E-state index in [1.807, 2.05) is 26.0 Å². The minimum absolute atomic E-state index is 0.0896. The van der Waals surface area contributed by atoms with Crippen molar-refractivity contribution in [2.75, 3.05) is 13.2 Å². The minimum Gasteiger partial charge on any atom is -0.480 e. The lowest BCUT2D eigenvalue weighted by Crippen LogP contribution is -2.69. The molecule has 4 amide bonds. The van der Waals surface area contributed by atoms with Crippen LogP contribution in [0.25, 0.3) is 10.8 Å². The zero-order chi connectivity index (χ0) is 32.3. The van der Waals surface area contributed by atoms with E-state index in [1.54, 1.807) is 24.3 Å². The molecular weight excluding hydrogens is 576 g/mol. The minimum atomic E-state index is -1.59. The number of ether oxygens (including phenoxy) is 1. The fraction of sp³-hybridized carbons (Fsp3) is 0.500. The fourth-order valence-corrected chi connectivity index (χ4v) is 5.63. The van der Waals surface area contributed by atoms with Crippen molar-refractivity contribution < 1.29 is 49.1 Å². The van der Waals surface area contributed by atoms with Crippen LogP contribution in [0.3, 0.4) is 0 Å². The first-order valence-corrected chi connectivity index (χ1v) is 14.4. The summed E-state index contributed by atoms with van der Waals surface area (Å²) in [6.07, 6.45) is -5.80. The molecule has 2 aromatic carbocycles. The third-order valence-electron chi connectivity index (χ3n) is 7.81. The molecule has 2 heterocycles. The van der Waals surface area contributed by atoms with Gasteiger partial charge in [-0.2, -0.15) is 0 Å². The predicted molar refractivity (Wildman–Crippen MR) is 155 cm³/mol. The first-order chi connectivity index (χ1) is 20.8. The number of carboxylic acid groups (broad SMARTS) is 1. The van der Waals surface area contributed by atoms with Crippen LogP contribution >= 0.6 is 0 Å². The number of rotatable bonds is 12. The van der Waals surface area contributed by atoms with Crippen LogP contribution in [0.5, 0.6) is 0 Å². The summed E-state index contributed by atoms with van der Waals surface area (Å²) in [4.78, 5) is 64.9. The zero-order valence-corrected chi connectivity index (χ0v) is 24.6. The maximum atomic E-state index is 13.5. The molecule has 2 aliphatic rings. The molecule has 44 heavy (non-hydrogen) atoms. The number of carboxylic acids is 1. The van der Waals surface area contributed by atoms with E-state index in [2.05, 4.69) is 16.0 Å². The van der Waals surface area contributed by atoms with E-state index in [0.717, 1.165) is 10.3 Å². The van der Waals surface area contributed by atoms with Crippen molar-refractivity contribution in [1.29, 1.82) is 0 Å². The van der Waals surface area contributed by atoms with Gasteiger partial charge in [-0.05, 0) is 35.6 Å². The summed E-state index contributed by atoms with van der Waals surface area (Å²) in [6.45, 7) is 3.91. The summed E-state index contributed by atoms with van der Waals surface area (Å²) in [6, 6.07) is 6.74. The molecule has 14 heteroatoms. The van der Waals surface area contributed by atoms with Gasteiger partial charge in [0, 0.05) is 13.5 Å². The van der Waals surface area contributed by atoms with Crippen LogP contribution in [-0.2, 0) is 19.1 Å². The lowest BCUT2D eigenvalue weighted by atomic mass is 9.95. The van der Waals surface area contributed by atoms with Gasteiger partial charge >= 0.3 is 5.97 Å². The van der Waals surface area contributed by atoms with Gasteiger partial charge in [-0.25, -0.2) is 0 Å². The SMILES string of the molecule is CC(=O)N[C@H]1C(NC(=O)[C@H](CC(C)C)N[C@H](CCN2C(=O)c3ccc4ccccc4c3C2=O)C(=O)O)O[C@H](CO)[C@@H](O)[C@H]1O. The molecule has 2 aromatic rings. The highest BCUT2D eigenvalue weighted by molar-refractivity contribution is 6.26. The summed E-state index contributed by atoms with van der Waals surface area (Å²) in [5.41, 5.74) is 0.500. The summed E-state index contributed by atoms with van der Waals surface area (Å²) in [7, 11) is 0. The number of hydrogen-bond acceptors (Lipinski definition) is 10. The van der Waals surface area contributed by atoms with E-state index in [-0.39, 0.29) is 36.4 Å². The molecule has 0 radical (unpaired) electrons. The van der Waals surface area contributed by atoms with Crippen LogP contribution in [0.2, 0.25) is 0 Å². The second kappa shape index (κ2) is 13.8. The third kappa shape index (κ3) is 6.89. The Hall–Kier alpha value is -3.95. The van der Waals surface area contributed by atoms with Crippen LogP contribution in [-0.4, -0.2) is 111 Å². The van der Waals surface area contributed by atoms with Crippen molar-refractivity contribution in [1.82, 2.24) is 20.9 Å². The van der Waals surface area contributed by atoms with Crippen LogP contribution in [0.4, 0.5) is 0 Å². The lowest BCUT2D eigenvalue weighted by Gasteiger charge is -2.43. The Morgan fingerprint density at radius 3 is 2.32 bits per heavy atom. The average molecular weight is 615 g/mol. The number of carbonyl (C=O) groups excluding carboxylic acids is 4. The molecular formula is C30H38N4O10. The van der Waals surface area contributed by atoms with Crippen molar-refractivity contribution in [3.8, 4) is 0 Å². The normalized spacial score (nSPS) is 24.7. The summed E-state index contributed by atoms with van der Waals surface area (Å²) in [5.74, 6) is -3.76. The summed E-state index contributed by atoms with van der Waals surface area (Å²) >= 11 is 0. The molecule has 238 valence electrons. The molecule has 0 aliphatic carbocycles. The highest BCUT2D eigenvalue weighted by atomic mass is 16.5. The number of aliphatic hydroxyl groups excluding tert-OH is 3. The quantitative estimate of drug-likeness (QED) is 0.149. The fourth-order valence-electron chi connectivity index (χ4n) is 5.63. The molecule has 7 N–H and O–H groups in total. The molecule has 0 saturated carbocycles. The monoisotopic (exact) mass is 614 g/mol. The first kappa shape index (κ1) is 33.0. The predicted octanol–water partition coefficient (Wildman–Crippen LogP) is -0.657. The van der Waals surface area contributed by atoms with E-state index in [1.165, 1.54) is 6.92 Å². The number of fused-ring (bicyclic) bond motifs is 3. The molecule has 2 aliphatic heterocycles. The second-order valence-corrected chi connectivity index (χ2v) is 11.5. The number of imide groups is 1. The lowest BCUT2D eigenvalue weighted by molar-refractivity contribution is -0.203. The van der Waals surface area contributed by atoms with Gasteiger partial charge < -0.3 is 35.8 Å². The van der Waals surface area contributed by atoms with E-state index in [4.69, 9.17) is 4.74 Å². The molecule has 1 unspecified atom stereocenters. The molecule has 1 saturated heterocycles. The number of aliphatic carboxylic acids is 1. The van der Waals surface area contributed by atoms with Gasteiger partial charge in [-0.3, -0.25) is 34.2 Å². The third-order valence-corrected chi connectivity index (χ3v) is 7.81. The molecule has 0 bridgehead atoms. The topological polar surface area (TPSA) is 215 Å². The van der Waals surface area contributed by atoms with E-state index in [0.29, 0.717) is 5.39 Å². The molecule has 1 fully saturated rings. The number of hydrogen-bond donors (Lipinski definition) is 7. The van der Waals surface area contributed by atoms with Gasteiger partial charge in [-0.15, -0.1) is 0 Å². The van der Waals surface area contributed by atoms with Crippen molar-refractivity contribution >= 4 is 40.4 Å². The summed E-state index contributed by atoms with van der Waals surface area (Å²) < 4.78 is 5.58. The van der Waals surface area contributed by atoms with Gasteiger partial charge in [0.1, 0.15) is 30.4 Å². The van der Waals surface area contributed by atoms with E-state index in [9.17, 15) is 44.4 Å². The number of nitrogens with zero attached hydrogens (tertiary/aromatic N) is 1. The van der Waals surface area contributed by atoms with Crippen molar-refractivity contribution in [2.45, 2.75) is 76.3 Å². The van der Waals surface area contributed by atoms with E-state index < -0.39 is 78.9 Å². The number of benzene rings is 2. The molecule has 14 nitrogen and oxygen atoms in total. The van der Waals surface area contributed by atoms with Crippen molar-refractivity contribution in [3.63, 3.8) is 0 Å². The first-order valence-electron chi connectivity index (χ1n) is 14.4. The standard InChI is InChI=1S/C30H38N4O10/c1-14(2)12-20(26(39)33-27-23(31-15(3)36)25(38)24(37)21(13-35)44-27)32-19(30(42)43)10-11-34-28(40)18-9-8-16-6-4-5-7-17(16)22(18)29(34)41/h4-9,14,19-21,23-25,27,32,35,37-38H,10-13H2,1-3H3,(H,31,36)(H,33,39)(H,42,43)/t19-,20+,21-,23-,24-,25+,27?/m1/s1. The number of carbonyl (C=O) groups is 5. The van der Waals surface area contributed by atoms with Crippen LogP contribution in [0, 0.1) is 5.92 Å². The average Bonchev–Trinajstić information content (AvgIpc) is 3.22. The zero-order valence-electron chi connectivity index (χ0n) is 24.6. The van der Waals surface area contributed by atoms with Crippen LogP contribution in [0.1, 0.15) is 54.3 Å². The Morgan fingerprint density at radius 2 is 1.68 bits per heavy atom. The van der Waals surface area contributed by atoms with Gasteiger partial charge in [0.25, 0.3) is 11.8 Å². The highest BCUT2D eigenvalue weighted by Crippen LogP contribution is 2.30. The second-order valence-electron chi connectivity index (χ2n) is 11.5. The largest absolute Gasteiger partial charge is 0.480 e.